The quantitative estimate of drug-likeness (QED) is 0.159. The first kappa shape index (κ1) is 53.8. The smallest absolute Gasteiger partial charge is 1.00 e. The van der Waals surface area contributed by atoms with Crippen molar-refractivity contribution in [2.75, 3.05) is 0 Å². The van der Waals surface area contributed by atoms with Crippen molar-refractivity contribution in [2.24, 2.45) is 0 Å². The standard InChI is InChI=1S/C50H73Si.3ClH.Ti/c1-20-21-34-22-23-41(24-34)51(42-28-35(45(2,3)4)25-36(29-42)46(5,6)7,43-30-37(47(8,9)10)26-38(31-43)48(11,12)13)44-32-39(49(14,15)16)27-40(33-44)50(17,18)19;;;;/h22-33H,20-21H2,1-19H3;3*1H;/q-1;;;;+4/p-3. The third kappa shape index (κ3) is 12.0. The van der Waals surface area contributed by atoms with Gasteiger partial charge in [-0.05, 0) is 65.9 Å². The van der Waals surface area contributed by atoms with Gasteiger partial charge in [-0.25, -0.2) is 6.07 Å². The molecule has 0 saturated heterocycles. The Bertz CT molecular complexity index is 1580. The zero-order valence-electron chi connectivity index (χ0n) is 38.0. The second-order valence-electron chi connectivity index (χ2n) is 21.9. The van der Waals surface area contributed by atoms with E-state index in [0.717, 1.165) is 12.8 Å². The van der Waals surface area contributed by atoms with E-state index >= 15 is 0 Å². The summed E-state index contributed by atoms with van der Waals surface area (Å²) in [7, 11) is -2.97. The molecule has 0 heterocycles. The zero-order chi connectivity index (χ0) is 38.8. The van der Waals surface area contributed by atoms with Crippen LogP contribution in [0.4, 0.5) is 0 Å². The predicted molar refractivity (Wildman–Crippen MR) is 232 cm³/mol. The SMILES string of the molecule is CCCc1cc[c-]([Si](c2cc(C(C)(C)C)cc(C(C)(C)C)c2)(c2cc(C(C)(C)C)cc(C(C)(C)C)c2)c2cc(C(C)(C)C)cc(C(C)(C)C)c2)c1.[Cl-].[Cl-].[Cl-].[Ti+4]. The molecule has 0 saturated carbocycles. The van der Waals surface area contributed by atoms with Gasteiger partial charge in [-0.1, -0.05) is 215 Å². The fraction of sp³-hybridized carbons (Fsp3) is 0.540. The molecule has 4 aromatic carbocycles. The first-order valence-corrected chi connectivity index (χ1v) is 21.7. The third-order valence-corrected chi connectivity index (χ3v) is 15.7. The summed E-state index contributed by atoms with van der Waals surface area (Å²) in [4.78, 5) is 0. The van der Waals surface area contributed by atoms with Gasteiger partial charge in [0.15, 0.2) is 0 Å². The Hall–Kier alpha value is -1.19. The Balaban J connectivity index is 0.00000729. The molecular weight excluding hydrogens is 783 g/mol. The zero-order valence-corrected chi connectivity index (χ0v) is 42.8. The van der Waals surface area contributed by atoms with Crippen LogP contribution in [0.15, 0.2) is 72.8 Å². The average molecular weight is 856 g/mol. The monoisotopic (exact) mass is 854 g/mol. The Kier molecular flexibility index (Phi) is 18.0. The molecule has 4 aromatic rings. The molecule has 0 aliphatic heterocycles. The average Bonchev–Trinajstić information content (AvgIpc) is 3.43. The second-order valence-corrected chi connectivity index (χ2v) is 25.7. The molecule has 0 aliphatic carbocycles. The molecule has 0 N–H and O–H groups in total. The topological polar surface area (TPSA) is 0 Å². The van der Waals surface area contributed by atoms with E-state index in [1.165, 1.54) is 59.7 Å². The van der Waals surface area contributed by atoms with Crippen molar-refractivity contribution in [3.8, 4) is 0 Å². The molecule has 0 fully saturated rings. The van der Waals surface area contributed by atoms with Gasteiger partial charge in [-0.15, -0.1) is 5.19 Å². The molecule has 0 amide bonds. The molecule has 0 aromatic heterocycles. The number of halogens is 3. The van der Waals surface area contributed by atoms with Crippen LogP contribution >= 0.6 is 0 Å². The molecule has 4 rings (SSSR count). The van der Waals surface area contributed by atoms with Crippen molar-refractivity contribution >= 4 is 28.8 Å². The van der Waals surface area contributed by atoms with E-state index in [0.29, 0.717) is 0 Å². The molecule has 0 spiro atoms. The van der Waals surface area contributed by atoms with E-state index < -0.39 is 8.07 Å². The maximum Gasteiger partial charge on any atom is 4.00 e. The van der Waals surface area contributed by atoms with E-state index in [4.69, 9.17) is 0 Å². The number of benzene rings is 3. The second kappa shape index (κ2) is 18.4. The van der Waals surface area contributed by atoms with Crippen LogP contribution in [-0.4, -0.2) is 8.07 Å². The summed E-state index contributed by atoms with van der Waals surface area (Å²) >= 11 is 0. The molecule has 5 heteroatoms. The number of rotatable bonds is 6. The molecular formula is C50H73Cl3SiTi. The first-order chi connectivity index (χ1) is 23.0. The van der Waals surface area contributed by atoms with Gasteiger partial charge in [-0.3, -0.25) is 0 Å². The fourth-order valence-corrected chi connectivity index (χ4v) is 12.3. The van der Waals surface area contributed by atoms with Crippen LogP contribution in [0.5, 0.6) is 0 Å². The van der Waals surface area contributed by atoms with E-state index in [9.17, 15) is 0 Å². The van der Waals surface area contributed by atoms with Gasteiger partial charge in [0.1, 0.15) is 8.07 Å². The number of aryl methyl sites for hydroxylation is 1. The van der Waals surface area contributed by atoms with Crippen molar-refractivity contribution < 1.29 is 58.9 Å². The summed E-state index contributed by atoms with van der Waals surface area (Å²) in [6.07, 6.45) is 2.25. The number of hydrogen-bond acceptors (Lipinski definition) is 0. The minimum Gasteiger partial charge on any atom is -1.00 e. The molecule has 0 nitrogen and oxygen atoms in total. The van der Waals surface area contributed by atoms with Gasteiger partial charge in [0, 0.05) is 0 Å². The summed E-state index contributed by atoms with van der Waals surface area (Å²) in [5.41, 5.74) is 10.0. The first-order valence-electron chi connectivity index (χ1n) is 19.7. The van der Waals surface area contributed by atoms with Crippen LogP contribution < -0.4 is 58.0 Å². The van der Waals surface area contributed by atoms with Gasteiger partial charge in [0.05, 0.1) is 0 Å². The minimum atomic E-state index is -2.97. The van der Waals surface area contributed by atoms with Crippen LogP contribution in [0.1, 0.15) is 177 Å². The summed E-state index contributed by atoms with van der Waals surface area (Å²) < 4.78 is 0. The van der Waals surface area contributed by atoms with Gasteiger partial charge < -0.3 is 37.2 Å². The van der Waals surface area contributed by atoms with Crippen molar-refractivity contribution in [1.29, 1.82) is 0 Å². The predicted octanol–water partition coefficient (Wildman–Crippen LogP) is 2.53. The maximum absolute atomic E-state index is 2.97. The molecule has 0 unspecified atom stereocenters. The van der Waals surface area contributed by atoms with Crippen LogP contribution in [-0.2, 0) is 60.6 Å². The van der Waals surface area contributed by atoms with E-state index in [-0.39, 0.29) is 91.4 Å². The molecule has 0 atom stereocenters. The van der Waals surface area contributed by atoms with Gasteiger partial charge in [0.25, 0.3) is 0 Å². The molecule has 0 radical (unpaired) electrons. The summed E-state index contributed by atoms with van der Waals surface area (Å²) in [5, 5.41) is 6.02. The van der Waals surface area contributed by atoms with E-state index in [2.05, 4.69) is 204 Å². The summed E-state index contributed by atoms with van der Waals surface area (Å²) in [6.45, 7) is 45.3. The Morgan fingerprint density at radius 3 is 0.855 bits per heavy atom. The molecule has 55 heavy (non-hydrogen) atoms. The Morgan fingerprint density at radius 2 is 0.655 bits per heavy atom. The molecule has 302 valence electrons. The fourth-order valence-electron chi connectivity index (χ4n) is 7.30. The number of hydrogen-bond donors (Lipinski definition) is 0. The van der Waals surface area contributed by atoms with Crippen molar-refractivity contribution in [3.63, 3.8) is 0 Å². The third-order valence-electron chi connectivity index (χ3n) is 11.1. The van der Waals surface area contributed by atoms with Crippen molar-refractivity contribution in [2.45, 2.75) is 177 Å². The van der Waals surface area contributed by atoms with Gasteiger partial charge in [-0.2, -0.15) is 17.7 Å². The summed E-state index contributed by atoms with van der Waals surface area (Å²) in [6, 6.07) is 30.9. The van der Waals surface area contributed by atoms with E-state index in [1.54, 1.807) is 0 Å². The molecule has 0 aliphatic rings. The minimum absolute atomic E-state index is 0. The molecule has 0 bridgehead atoms. The van der Waals surface area contributed by atoms with Gasteiger partial charge >= 0.3 is 21.7 Å². The van der Waals surface area contributed by atoms with Crippen LogP contribution in [0.25, 0.3) is 0 Å². The van der Waals surface area contributed by atoms with Crippen LogP contribution in [0, 0.1) is 0 Å². The van der Waals surface area contributed by atoms with E-state index in [1.807, 2.05) is 0 Å². The normalized spacial score (nSPS) is 12.9. The van der Waals surface area contributed by atoms with Crippen LogP contribution in [0.3, 0.4) is 0 Å². The van der Waals surface area contributed by atoms with Gasteiger partial charge in [0.2, 0.25) is 0 Å². The maximum atomic E-state index is 2.63. The van der Waals surface area contributed by atoms with Crippen LogP contribution in [0.2, 0.25) is 0 Å². The largest absolute Gasteiger partial charge is 4.00 e. The summed E-state index contributed by atoms with van der Waals surface area (Å²) in [5.74, 6) is 0. The van der Waals surface area contributed by atoms with Crippen molar-refractivity contribution in [3.05, 3.63) is 112 Å². The Labute approximate surface area is 373 Å². The van der Waals surface area contributed by atoms with Crippen molar-refractivity contribution in [1.82, 2.24) is 0 Å². The Morgan fingerprint density at radius 1 is 0.418 bits per heavy atom.